The molecule has 0 spiro atoms. The van der Waals surface area contributed by atoms with Gasteiger partial charge in [0.1, 0.15) is 0 Å². The molecule has 7 nitrogen and oxygen atoms in total. The number of nitrogens with one attached hydrogen (secondary N) is 1. The summed E-state index contributed by atoms with van der Waals surface area (Å²) in [5, 5.41) is 2.78. The van der Waals surface area contributed by atoms with Crippen LogP contribution in [0.4, 0.5) is 17.1 Å². The van der Waals surface area contributed by atoms with Crippen molar-refractivity contribution in [1.29, 1.82) is 0 Å². The molecule has 1 N–H and O–H groups in total. The van der Waals surface area contributed by atoms with Gasteiger partial charge >= 0.3 is 10.2 Å². The molecule has 1 aliphatic rings. The van der Waals surface area contributed by atoms with Gasteiger partial charge in [-0.15, -0.1) is 0 Å². The summed E-state index contributed by atoms with van der Waals surface area (Å²) in [5.74, 6) is -0.386. The number of amides is 1. The minimum atomic E-state index is -3.57. The first kappa shape index (κ1) is 18.9. The van der Waals surface area contributed by atoms with Crippen LogP contribution in [-0.2, 0) is 15.0 Å². The predicted molar refractivity (Wildman–Crippen MR) is 106 cm³/mol. The lowest BCUT2D eigenvalue weighted by molar-refractivity contribution is -0.116. The first-order valence-electron chi connectivity index (χ1n) is 8.47. The van der Waals surface area contributed by atoms with Crippen molar-refractivity contribution in [2.24, 2.45) is 0 Å². The molecule has 3 rings (SSSR count). The molecule has 0 saturated heterocycles. The summed E-state index contributed by atoms with van der Waals surface area (Å²) in [6, 6.07) is 12.2. The quantitative estimate of drug-likeness (QED) is 0.799. The number of anilines is 3. The van der Waals surface area contributed by atoms with Crippen LogP contribution in [0.3, 0.4) is 0 Å². The number of carbonyl (C=O) groups is 2. The zero-order chi connectivity index (χ0) is 19.8. The molecule has 0 aromatic heterocycles. The van der Waals surface area contributed by atoms with Crippen LogP contribution in [0.15, 0.2) is 42.5 Å². The molecule has 0 radical (unpaired) electrons. The first-order chi connectivity index (χ1) is 12.7. The molecular formula is C19H21N3O4S. The topological polar surface area (TPSA) is 86.8 Å². The second-order valence-corrected chi connectivity index (χ2v) is 8.43. The van der Waals surface area contributed by atoms with Crippen molar-refractivity contribution >= 4 is 39.0 Å². The Morgan fingerprint density at radius 2 is 1.56 bits per heavy atom. The minimum Gasteiger partial charge on any atom is -0.326 e. The van der Waals surface area contributed by atoms with Crippen LogP contribution in [0.25, 0.3) is 0 Å². The molecule has 0 atom stereocenters. The molecule has 0 saturated carbocycles. The third-order valence-corrected chi connectivity index (χ3v) is 6.42. The van der Waals surface area contributed by atoms with Gasteiger partial charge in [0, 0.05) is 38.2 Å². The molecule has 1 amide bonds. The summed E-state index contributed by atoms with van der Waals surface area (Å²) in [4.78, 5) is 24.4. The monoisotopic (exact) mass is 387 g/mol. The fraction of sp³-hybridized carbons (Fsp3) is 0.263. The van der Waals surface area contributed by atoms with Crippen LogP contribution in [0.1, 0.15) is 28.8 Å². The summed E-state index contributed by atoms with van der Waals surface area (Å²) >= 11 is 0. The van der Waals surface area contributed by atoms with Crippen LogP contribution in [0.2, 0.25) is 0 Å². The van der Waals surface area contributed by atoms with E-state index in [2.05, 4.69) is 5.32 Å². The molecule has 142 valence electrons. The van der Waals surface area contributed by atoms with Gasteiger partial charge in [-0.2, -0.15) is 8.42 Å². The van der Waals surface area contributed by atoms with E-state index in [0.29, 0.717) is 22.6 Å². The van der Waals surface area contributed by atoms with E-state index < -0.39 is 10.2 Å². The molecule has 2 aromatic rings. The molecule has 0 bridgehead atoms. The number of aryl methyl sites for hydroxylation is 1. The zero-order valence-electron chi connectivity index (χ0n) is 15.4. The van der Waals surface area contributed by atoms with Gasteiger partial charge in [-0.05, 0) is 24.6 Å². The van der Waals surface area contributed by atoms with Gasteiger partial charge in [0.15, 0.2) is 5.78 Å². The van der Waals surface area contributed by atoms with Crippen LogP contribution >= 0.6 is 0 Å². The smallest absolute Gasteiger partial charge is 0.326 e. The van der Waals surface area contributed by atoms with Gasteiger partial charge in [-0.3, -0.25) is 18.2 Å². The van der Waals surface area contributed by atoms with Crippen LogP contribution in [0.5, 0.6) is 0 Å². The van der Waals surface area contributed by atoms with Crippen molar-refractivity contribution in [2.45, 2.75) is 19.8 Å². The molecule has 2 aromatic carbocycles. The molecule has 1 heterocycles. The van der Waals surface area contributed by atoms with Crippen molar-refractivity contribution in [2.75, 3.05) is 28.0 Å². The fourth-order valence-corrected chi connectivity index (χ4v) is 4.12. The summed E-state index contributed by atoms with van der Waals surface area (Å²) in [6.07, 6.45) is 0.162. The number of nitrogens with zero attached hydrogens (tertiary/aromatic N) is 2. The molecule has 0 aliphatic carbocycles. The number of hydrogen-bond donors (Lipinski definition) is 1. The Morgan fingerprint density at radius 3 is 2.19 bits per heavy atom. The van der Waals surface area contributed by atoms with Gasteiger partial charge in [-0.25, -0.2) is 0 Å². The Hall–Kier alpha value is -2.87. The highest BCUT2D eigenvalue weighted by Crippen LogP contribution is 2.41. The molecule has 0 unspecified atom stereocenters. The average Bonchev–Trinajstić information content (AvgIpc) is 2.81. The largest absolute Gasteiger partial charge is 0.326 e. The predicted octanol–water partition coefficient (Wildman–Crippen LogP) is 2.73. The van der Waals surface area contributed by atoms with E-state index >= 15 is 0 Å². The van der Waals surface area contributed by atoms with Gasteiger partial charge in [-0.1, -0.05) is 30.3 Å². The number of ketones is 1. The molecule has 0 fully saturated rings. The standard InChI is InChI=1S/C19H21N3O4S/c1-13-11-16-17(22(3)27(25,26)21(16)2)12-15(13)20-19(24)10-9-18(23)14-7-5-4-6-8-14/h4-8,11-12H,9-10H2,1-3H3,(H,20,24). The van der Waals surface area contributed by atoms with Crippen LogP contribution < -0.4 is 13.9 Å². The van der Waals surface area contributed by atoms with E-state index in [1.165, 1.54) is 22.7 Å². The maximum absolute atomic E-state index is 12.3. The normalized spacial score (nSPS) is 14.8. The SMILES string of the molecule is Cc1cc2c(cc1NC(=O)CCC(=O)c1ccccc1)N(C)S(=O)(=O)N2C. The molecular weight excluding hydrogens is 366 g/mol. The van der Waals surface area contributed by atoms with Crippen molar-refractivity contribution < 1.29 is 18.0 Å². The highest BCUT2D eigenvalue weighted by Gasteiger charge is 2.36. The number of carbonyl (C=O) groups excluding carboxylic acids is 2. The summed E-state index contributed by atoms with van der Waals surface area (Å²) < 4.78 is 26.9. The maximum atomic E-state index is 12.3. The Balaban J connectivity index is 1.71. The second kappa shape index (κ2) is 7.03. The number of fused-ring (bicyclic) bond motifs is 1. The summed E-state index contributed by atoms with van der Waals surface area (Å²) in [7, 11) is -0.608. The maximum Gasteiger partial charge on any atom is 0.326 e. The summed E-state index contributed by atoms with van der Waals surface area (Å²) in [5.41, 5.74) is 2.91. The van der Waals surface area contributed by atoms with E-state index in [4.69, 9.17) is 0 Å². The number of rotatable bonds is 5. The number of benzene rings is 2. The third kappa shape index (κ3) is 3.52. The van der Waals surface area contributed by atoms with Gasteiger partial charge < -0.3 is 5.32 Å². The van der Waals surface area contributed by atoms with Crippen molar-refractivity contribution in [3.05, 3.63) is 53.6 Å². The highest BCUT2D eigenvalue weighted by molar-refractivity contribution is 7.94. The van der Waals surface area contributed by atoms with Gasteiger partial charge in [0.2, 0.25) is 5.91 Å². The Morgan fingerprint density at radius 1 is 0.963 bits per heavy atom. The zero-order valence-corrected chi connectivity index (χ0v) is 16.2. The second-order valence-electron chi connectivity index (χ2n) is 6.44. The third-order valence-electron chi connectivity index (χ3n) is 4.64. The molecule has 1 aliphatic heterocycles. The van der Waals surface area contributed by atoms with Crippen molar-refractivity contribution in [1.82, 2.24) is 0 Å². The average molecular weight is 387 g/mol. The van der Waals surface area contributed by atoms with Gasteiger partial charge in [0.25, 0.3) is 0 Å². The first-order valence-corrected chi connectivity index (χ1v) is 9.87. The lowest BCUT2D eigenvalue weighted by Crippen LogP contribution is -2.32. The highest BCUT2D eigenvalue weighted by atomic mass is 32.2. The Kier molecular flexibility index (Phi) is 4.93. The Bertz CT molecular complexity index is 1000. The fourth-order valence-electron chi connectivity index (χ4n) is 2.96. The van der Waals surface area contributed by atoms with Crippen molar-refractivity contribution in [3.8, 4) is 0 Å². The summed E-state index contributed by atoms with van der Waals surface area (Å²) in [6.45, 7) is 1.80. The van der Waals surface area contributed by atoms with E-state index in [9.17, 15) is 18.0 Å². The van der Waals surface area contributed by atoms with Gasteiger partial charge in [0.05, 0.1) is 11.4 Å². The van der Waals surface area contributed by atoms with E-state index in [1.54, 1.807) is 43.3 Å². The van der Waals surface area contributed by atoms with E-state index in [1.807, 2.05) is 6.07 Å². The van der Waals surface area contributed by atoms with Crippen LogP contribution in [-0.4, -0.2) is 34.2 Å². The number of hydrogen-bond acceptors (Lipinski definition) is 4. The lowest BCUT2D eigenvalue weighted by atomic mass is 10.1. The molecule has 27 heavy (non-hydrogen) atoms. The van der Waals surface area contributed by atoms with E-state index in [-0.39, 0.29) is 24.5 Å². The van der Waals surface area contributed by atoms with Crippen molar-refractivity contribution in [3.63, 3.8) is 0 Å². The molecule has 8 heteroatoms. The number of Topliss-reactive ketones (excluding diaryl/α,β-unsaturated/α-hetero) is 1. The van der Waals surface area contributed by atoms with E-state index in [0.717, 1.165) is 5.56 Å². The van der Waals surface area contributed by atoms with Crippen LogP contribution in [0, 0.1) is 6.92 Å². The Labute approximate surface area is 158 Å². The minimum absolute atomic E-state index is 0.0539. The lowest BCUT2D eigenvalue weighted by Gasteiger charge is -2.13.